The van der Waals surface area contributed by atoms with Crippen molar-refractivity contribution >= 4 is 34.4 Å². The van der Waals surface area contributed by atoms with Crippen LogP contribution in [0.25, 0.3) is 10.9 Å². The van der Waals surface area contributed by atoms with Gasteiger partial charge in [0.15, 0.2) is 0 Å². The van der Waals surface area contributed by atoms with Crippen molar-refractivity contribution in [2.45, 2.75) is 18.0 Å². The largest absolute Gasteiger partial charge is 0.508 e. The Morgan fingerprint density at radius 2 is 1.68 bits per heavy atom. The molecule has 4 N–H and O–H groups in total. The highest BCUT2D eigenvalue weighted by atomic mass is 19.1. The Morgan fingerprint density at radius 1 is 0.973 bits per heavy atom. The number of imide groups is 1. The number of aromatic nitrogens is 1. The number of phenols is 1. The van der Waals surface area contributed by atoms with Gasteiger partial charge in [0, 0.05) is 35.1 Å². The standard InChI is InChI=1S/C28H22FN3O5/c29-16-9-11-17(12-10-16)32-25(34)22-23(26(32)35)28(27(36)37,31-24(22)19-6-2-4-8-21(19)33)13-15-14-30-20-7-3-1-5-18(15)20/h1-12,14,22-24,30-31,33H,13H2,(H,36,37)/t22-,23-,24-,28-/m0/s1. The highest BCUT2D eigenvalue weighted by Gasteiger charge is 2.69. The molecule has 2 saturated heterocycles. The lowest BCUT2D eigenvalue weighted by molar-refractivity contribution is -0.148. The molecule has 0 saturated carbocycles. The van der Waals surface area contributed by atoms with Crippen LogP contribution in [0.4, 0.5) is 10.1 Å². The van der Waals surface area contributed by atoms with Crippen LogP contribution in [-0.2, 0) is 20.8 Å². The summed E-state index contributed by atoms with van der Waals surface area (Å²) in [4.78, 5) is 44.8. The second-order valence-corrected chi connectivity index (χ2v) is 9.49. The molecule has 4 aromatic rings. The van der Waals surface area contributed by atoms with Gasteiger partial charge in [-0.2, -0.15) is 0 Å². The van der Waals surface area contributed by atoms with Crippen molar-refractivity contribution in [1.29, 1.82) is 0 Å². The van der Waals surface area contributed by atoms with Gasteiger partial charge in [-0.3, -0.25) is 19.7 Å². The van der Waals surface area contributed by atoms with E-state index in [1.807, 2.05) is 24.3 Å². The average molecular weight is 499 g/mol. The Kier molecular flexibility index (Phi) is 5.13. The third-order valence-electron chi connectivity index (χ3n) is 7.54. The highest BCUT2D eigenvalue weighted by Crippen LogP contribution is 2.52. The summed E-state index contributed by atoms with van der Waals surface area (Å²) in [5.74, 6) is -5.61. The van der Waals surface area contributed by atoms with Gasteiger partial charge in [0.2, 0.25) is 11.8 Å². The Bertz CT molecular complexity index is 1570. The van der Waals surface area contributed by atoms with Crippen LogP contribution in [0.2, 0.25) is 0 Å². The molecule has 0 radical (unpaired) electrons. The lowest BCUT2D eigenvalue weighted by atomic mass is 9.76. The predicted octanol–water partition coefficient (Wildman–Crippen LogP) is 3.53. The molecule has 0 unspecified atom stereocenters. The van der Waals surface area contributed by atoms with Crippen molar-refractivity contribution in [1.82, 2.24) is 10.3 Å². The molecule has 186 valence electrons. The zero-order valence-electron chi connectivity index (χ0n) is 19.4. The molecule has 2 aliphatic heterocycles. The number of nitrogens with one attached hydrogen (secondary N) is 2. The van der Waals surface area contributed by atoms with E-state index in [1.165, 1.54) is 18.2 Å². The van der Waals surface area contributed by atoms with Crippen LogP contribution in [0.15, 0.2) is 79.0 Å². The number of fused-ring (bicyclic) bond motifs is 2. The minimum Gasteiger partial charge on any atom is -0.508 e. The quantitative estimate of drug-likeness (QED) is 0.312. The fourth-order valence-corrected chi connectivity index (χ4v) is 5.88. The van der Waals surface area contributed by atoms with Crippen LogP contribution in [-0.4, -0.2) is 38.5 Å². The van der Waals surface area contributed by atoms with Gasteiger partial charge in [0.25, 0.3) is 0 Å². The van der Waals surface area contributed by atoms with Crippen molar-refractivity contribution in [3.05, 3.63) is 95.9 Å². The van der Waals surface area contributed by atoms with E-state index in [2.05, 4.69) is 10.3 Å². The molecule has 3 heterocycles. The third kappa shape index (κ3) is 3.35. The summed E-state index contributed by atoms with van der Waals surface area (Å²) in [6.45, 7) is 0. The summed E-state index contributed by atoms with van der Waals surface area (Å²) in [6.07, 6.45) is 1.62. The SMILES string of the molecule is O=C1[C@H]2[C@@H](C(=O)N1c1ccc(F)cc1)[C@@](Cc1c[nH]c3ccccc13)(C(=O)O)N[C@H]2c1ccccc1O. The zero-order valence-corrected chi connectivity index (χ0v) is 19.4. The van der Waals surface area contributed by atoms with Crippen LogP contribution >= 0.6 is 0 Å². The van der Waals surface area contributed by atoms with E-state index in [1.54, 1.807) is 24.4 Å². The number of aliphatic carboxylic acids is 1. The van der Waals surface area contributed by atoms with Gasteiger partial charge < -0.3 is 15.2 Å². The summed E-state index contributed by atoms with van der Waals surface area (Å²) in [5, 5.41) is 25.2. The predicted molar refractivity (Wildman–Crippen MR) is 132 cm³/mol. The smallest absolute Gasteiger partial charge is 0.325 e. The third-order valence-corrected chi connectivity index (χ3v) is 7.54. The fourth-order valence-electron chi connectivity index (χ4n) is 5.88. The van der Waals surface area contributed by atoms with Gasteiger partial charge in [-0.1, -0.05) is 36.4 Å². The Labute approximate surface area is 210 Å². The molecule has 4 atom stereocenters. The number of carbonyl (C=O) groups excluding carboxylic acids is 2. The van der Waals surface area contributed by atoms with Crippen molar-refractivity contribution in [3.63, 3.8) is 0 Å². The molecule has 2 fully saturated rings. The maximum absolute atomic E-state index is 13.9. The lowest BCUT2D eigenvalue weighted by Crippen LogP contribution is -2.57. The van der Waals surface area contributed by atoms with Gasteiger partial charge in [-0.15, -0.1) is 0 Å². The molecule has 8 nitrogen and oxygen atoms in total. The summed E-state index contributed by atoms with van der Waals surface area (Å²) in [6, 6.07) is 17.7. The first kappa shape index (κ1) is 22.9. The lowest BCUT2D eigenvalue weighted by Gasteiger charge is -2.31. The number of amides is 2. The van der Waals surface area contributed by atoms with Gasteiger partial charge in [-0.05, 0) is 42.0 Å². The number of aromatic amines is 1. The monoisotopic (exact) mass is 499 g/mol. The maximum Gasteiger partial charge on any atom is 0.325 e. The zero-order chi connectivity index (χ0) is 25.9. The van der Waals surface area contributed by atoms with Crippen molar-refractivity contribution in [3.8, 4) is 5.75 Å². The van der Waals surface area contributed by atoms with Gasteiger partial charge >= 0.3 is 5.97 Å². The number of aromatic hydroxyl groups is 1. The highest BCUT2D eigenvalue weighted by molar-refractivity contribution is 6.24. The number of halogens is 1. The van der Waals surface area contributed by atoms with Crippen LogP contribution in [0.1, 0.15) is 17.2 Å². The van der Waals surface area contributed by atoms with Crippen LogP contribution in [0.3, 0.4) is 0 Å². The van der Waals surface area contributed by atoms with E-state index in [0.29, 0.717) is 11.1 Å². The van der Waals surface area contributed by atoms with E-state index < -0.39 is 47.0 Å². The molecular formula is C28H22FN3O5. The summed E-state index contributed by atoms with van der Waals surface area (Å²) in [5.41, 5.74) is 0.105. The molecule has 2 aliphatic rings. The number of anilines is 1. The molecule has 2 amide bonds. The molecule has 1 aromatic heterocycles. The summed E-state index contributed by atoms with van der Waals surface area (Å²) < 4.78 is 13.6. The average Bonchev–Trinajstić information content (AvgIpc) is 3.53. The molecule has 0 aliphatic carbocycles. The topological polar surface area (TPSA) is 123 Å². The molecule has 6 rings (SSSR count). The maximum atomic E-state index is 13.9. The molecule has 0 bridgehead atoms. The number of H-pyrrole nitrogens is 1. The number of carboxylic acid groups (broad SMARTS) is 1. The van der Waals surface area contributed by atoms with Gasteiger partial charge in [0.05, 0.1) is 17.5 Å². The molecule has 0 spiro atoms. The second kappa shape index (κ2) is 8.28. The summed E-state index contributed by atoms with van der Waals surface area (Å²) in [7, 11) is 0. The first-order valence-electron chi connectivity index (χ1n) is 11.8. The first-order valence-corrected chi connectivity index (χ1v) is 11.8. The van der Waals surface area contributed by atoms with Crippen molar-refractivity contribution in [2.75, 3.05) is 4.90 Å². The van der Waals surface area contributed by atoms with Crippen molar-refractivity contribution < 1.29 is 29.0 Å². The molecular weight excluding hydrogens is 477 g/mol. The van der Waals surface area contributed by atoms with Gasteiger partial charge in [-0.25, -0.2) is 9.29 Å². The minimum atomic E-state index is -1.86. The Hall–Kier alpha value is -4.50. The van der Waals surface area contributed by atoms with E-state index in [0.717, 1.165) is 27.9 Å². The molecule has 37 heavy (non-hydrogen) atoms. The van der Waals surface area contributed by atoms with E-state index >= 15 is 0 Å². The first-order chi connectivity index (χ1) is 17.8. The van der Waals surface area contributed by atoms with Crippen LogP contribution in [0.5, 0.6) is 5.75 Å². The Morgan fingerprint density at radius 3 is 2.41 bits per heavy atom. The fraction of sp³-hybridized carbons (Fsp3) is 0.179. The number of phenolic OH excluding ortho intramolecular Hbond substituents is 1. The van der Waals surface area contributed by atoms with Gasteiger partial charge in [0.1, 0.15) is 17.1 Å². The number of carbonyl (C=O) groups is 3. The molecule has 3 aromatic carbocycles. The van der Waals surface area contributed by atoms with E-state index in [4.69, 9.17) is 0 Å². The number of rotatable bonds is 5. The number of benzene rings is 3. The van der Waals surface area contributed by atoms with E-state index in [9.17, 15) is 29.0 Å². The molecule has 9 heteroatoms. The number of carboxylic acids is 1. The van der Waals surface area contributed by atoms with Crippen LogP contribution < -0.4 is 10.2 Å². The van der Waals surface area contributed by atoms with E-state index in [-0.39, 0.29) is 17.9 Å². The number of hydrogen-bond acceptors (Lipinski definition) is 5. The van der Waals surface area contributed by atoms with Crippen LogP contribution in [0, 0.1) is 17.7 Å². The second-order valence-electron chi connectivity index (χ2n) is 9.49. The number of hydrogen-bond donors (Lipinski definition) is 4. The number of nitrogens with zero attached hydrogens (tertiary/aromatic N) is 1. The minimum absolute atomic E-state index is 0.0894. The normalized spacial score (nSPS) is 25.1. The van der Waals surface area contributed by atoms with Crippen molar-refractivity contribution in [2.24, 2.45) is 11.8 Å². The number of para-hydroxylation sites is 2. The Balaban J connectivity index is 1.52. The summed E-state index contributed by atoms with van der Waals surface area (Å²) >= 11 is 0.